The lowest BCUT2D eigenvalue weighted by molar-refractivity contribution is -0.146. The van der Waals surface area contributed by atoms with Gasteiger partial charge in [0.15, 0.2) is 0 Å². The molecule has 0 saturated heterocycles. The molecule has 0 radical (unpaired) electrons. The monoisotopic (exact) mass is 288 g/mol. The van der Waals surface area contributed by atoms with Crippen LogP contribution in [0, 0.1) is 0 Å². The molecule has 20 heavy (non-hydrogen) atoms. The summed E-state index contributed by atoms with van der Waals surface area (Å²) in [6, 6.07) is 0. The maximum Gasteiger partial charge on any atom is 0.302 e. The van der Waals surface area contributed by atoms with E-state index in [2.05, 4.69) is 13.8 Å². The van der Waals surface area contributed by atoms with Crippen LogP contribution in [-0.2, 0) is 14.3 Å². The first-order chi connectivity index (χ1) is 9.43. The Labute approximate surface area is 123 Å². The Bertz CT molecular complexity index is 235. The molecular formula is C16H32O4. The van der Waals surface area contributed by atoms with Crippen molar-refractivity contribution < 1.29 is 19.4 Å². The van der Waals surface area contributed by atoms with E-state index in [-0.39, 0.29) is 12.1 Å². The number of ether oxygens (including phenoxy) is 1. The van der Waals surface area contributed by atoms with Gasteiger partial charge in [-0.2, -0.15) is 0 Å². The summed E-state index contributed by atoms with van der Waals surface area (Å²) in [6.45, 7) is 6.90. The Morgan fingerprint density at radius 1 is 0.950 bits per heavy atom. The number of unbranched alkanes of at least 4 members (excludes halogenated alkanes) is 6. The first kappa shape index (κ1) is 21.2. The van der Waals surface area contributed by atoms with Gasteiger partial charge in [-0.25, -0.2) is 0 Å². The zero-order valence-electron chi connectivity index (χ0n) is 13.6. The Hall–Kier alpha value is -1.06. The molecule has 0 fully saturated rings. The van der Waals surface area contributed by atoms with E-state index >= 15 is 0 Å². The molecule has 0 aliphatic carbocycles. The Morgan fingerprint density at radius 3 is 1.80 bits per heavy atom. The molecule has 4 nitrogen and oxygen atoms in total. The topological polar surface area (TPSA) is 63.6 Å². The summed E-state index contributed by atoms with van der Waals surface area (Å²) in [5.74, 6) is -0.977. The Morgan fingerprint density at radius 2 is 1.40 bits per heavy atom. The molecule has 0 aliphatic rings. The lowest BCUT2D eigenvalue weighted by atomic mass is 10.1. The van der Waals surface area contributed by atoms with Gasteiger partial charge in [0.1, 0.15) is 6.10 Å². The molecule has 0 bridgehead atoms. The largest absolute Gasteiger partial charge is 0.481 e. The first-order valence-corrected chi connectivity index (χ1v) is 7.80. The predicted octanol–water partition coefficient (Wildman–Crippen LogP) is 4.56. The lowest BCUT2D eigenvalue weighted by Gasteiger charge is -2.14. The van der Waals surface area contributed by atoms with Crippen LogP contribution < -0.4 is 0 Å². The van der Waals surface area contributed by atoms with Crippen molar-refractivity contribution in [1.29, 1.82) is 0 Å². The minimum atomic E-state index is -0.833. The second-order valence-electron chi connectivity index (χ2n) is 5.07. The molecule has 0 aliphatic heterocycles. The van der Waals surface area contributed by atoms with E-state index in [1.54, 1.807) is 0 Å². The highest BCUT2D eigenvalue weighted by atomic mass is 16.5. The molecule has 0 aromatic rings. The summed E-state index contributed by atoms with van der Waals surface area (Å²) in [6.07, 6.45) is 11.3. The molecule has 0 spiro atoms. The van der Waals surface area contributed by atoms with Gasteiger partial charge in [-0.1, -0.05) is 52.4 Å². The normalized spacial score (nSPS) is 11.2. The maximum atomic E-state index is 10.8. The first-order valence-electron chi connectivity index (χ1n) is 7.80. The third kappa shape index (κ3) is 22.1. The lowest BCUT2D eigenvalue weighted by Crippen LogP contribution is -2.14. The van der Waals surface area contributed by atoms with Crippen molar-refractivity contribution in [3.8, 4) is 0 Å². The van der Waals surface area contributed by atoms with Gasteiger partial charge < -0.3 is 9.84 Å². The number of carboxylic acids is 1. The van der Waals surface area contributed by atoms with Crippen LogP contribution >= 0.6 is 0 Å². The van der Waals surface area contributed by atoms with Gasteiger partial charge in [-0.05, 0) is 19.3 Å². The summed E-state index contributed by atoms with van der Waals surface area (Å²) in [7, 11) is 0. The van der Waals surface area contributed by atoms with Crippen LogP contribution in [0.3, 0.4) is 0 Å². The zero-order valence-corrected chi connectivity index (χ0v) is 13.6. The number of hydrogen-bond donors (Lipinski definition) is 1. The van der Waals surface area contributed by atoms with Gasteiger partial charge in [-0.3, -0.25) is 9.59 Å². The SMILES string of the molecule is CC(=O)O.CCCCCCCCCC(CC)OC(C)=O. The van der Waals surface area contributed by atoms with Gasteiger partial charge in [0.25, 0.3) is 5.97 Å². The molecule has 0 amide bonds. The quantitative estimate of drug-likeness (QED) is 0.473. The number of rotatable bonds is 10. The fourth-order valence-electron chi connectivity index (χ4n) is 1.91. The van der Waals surface area contributed by atoms with Crippen molar-refractivity contribution in [2.45, 2.75) is 91.6 Å². The zero-order chi connectivity index (χ0) is 15.8. The molecule has 1 unspecified atom stereocenters. The standard InChI is InChI=1S/C14H28O2.C2H4O2/c1-4-6-7-8-9-10-11-12-14(5-2)16-13(3)15;1-2(3)4/h14H,4-12H2,1-3H3;1H3,(H,3,4). The highest BCUT2D eigenvalue weighted by Gasteiger charge is 2.08. The van der Waals surface area contributed by atoms with Crippen molar-refractivity contribution in [3.05, 3.63) is 0 Å². The van der Waals surface area contributed by atoms with Crippen LogP contribution in [-0.4, -0.2) is 23.1 Å². The number of hydrogen-bond acceptors (Lipinski definition) is 3. The summed E-state index contributed by atoms with van der Waals surface area (Å²) in [5.41, 5.74) is 0. The molecule has 0 aromatic carbocycles. The Balaban J connectivity index is 0. The minimum absolute atomic E-state index is 0.144. The van der Waals surface area contributed by atoms with Gasteiger partial charge in [0, 0.05) is 13.8 Å². The van der Waals surface area contributed by atoms with Crippen LogP contribution in [0.25, 0.3) is 0 Å². The molecule has 120 valence electrons. The van der Waals surface area contributed by atoms with Gasteiger partial charge in [0.05, 0.1) is 0 Å². The second kappa shape index (κ2) is 16.0. The third-order valence-corrected chi connectivity index (χ3v) is 2.92. The molecule has 0 rings (SSSR count). The third-order valence-electron chi connectivity index (χ3n) is 2.92. The summed E-state index contributed by atoms with van der Waals surface area (Å²) in [5, 5.41) is 7.42. The van der Waals surface area contributed by atoms with Crippen molar-refractivity contribution in [3.63, 3.8) is 0 Å². The summed E-state index contributed by atoms with van der Waals surface area (Å²) in [4.78, 5) is 19.8. The number of esters is 1. The van der Waals surface area contributed by atoms with Crippen LogP contribution in [0.4, 0.5) is 0 Å². The smallest absolute Gasteiger partial charge is 0.302 e. The second-order valence-corrected chi connectivity index (χ2v) is 5.07. The average molecular weight is 288 g/mol. The highest BCUT2D eigenvalue weighted by molar-refractivity contribution is 5.66. The average Bonchev–Trinajstić information content (AvgIpc) is 2.35. The van der Waals surface area contributed by atoms with E-state index in [1.165, 1.54) is 51.9 Å². The number of carboxylic acid groups (broad SMARTS) is 1. The molecule has 0 aromatic heterocycles. The Kier molecular flexibility index (Phi) is 17.0. The highest BCUT2D eigenvalue weighted by Crippen LogP contribution is 2.13. The van der Waals surface area contributed by atoms with Crippen LogP contribution in [0.5, 0.6) is 0 Å². The van der Waals surface area contributed by atoms with Crippen molar-refractivity contribution in [2.24, 2.45) is 0 Å². The number of carbonyl (C=O) groups excluding carboxylic acids is 1. The van der Waals surface area contributed by atoms with E-state index in [0.717, 1.165) is 19.8 Å². The molecule has 0 saturated carbocycles. The molecule has 1 N–H and O–H groups in total. The molecular weight excluding hydrogens is 256 g/mol. The van der Waals surface area contributed by atoms with E-state index < -0.39 is 5.97 Å². The summed E-state index contributed by atoms with van der Waals surface area (Å²) >= 11 is 0. The van der Waals surface area contributed by atoms with E-state index in [1.807, 2.05) is 0 Å². The van der Waals surface area contributed by atoms with Gasteiger partial charge in [0.2, 0.25) is 0 Å². The van der Waals surface area contributed by atoms with Crippen LogP contribution in [0.15, 0.2) is 0 Å². The van der Waals surface area contributed by atoms with Crippen LogP contribution in [0.1, 0.15) is 85.5 Å². The van der Waals surface area contributed by atoms with E-state index in [4.69, 9.17) is 14.6 Å². The molecule has 1 atom stereocenters. The van der Waals surface area contributed by atoms with Gasteiger partial charge in [-0.15, -0.1) is 0 Å². The van der Waals surface area contributed by atoms with E-state index in [0.29, 0.717) is 0 Å². The number of carbonyl (C=O) groups is 2. The van der Waals surface area contributed by atoms with Crippen LogP contribution in [0.2, 0.25) is 0 Å². The summed E-state index contributed by atoms with van der Waals surface area (Å²) < 4.78 is 5.21. The minimum Gasteiger partial charge on any atom is -0.481 e. The number of aliphatic carboxylic acids is 1. The fraction of sp³-hybridized carbons (Fsp3) is 0.875. The fourth-order valence-corrected chi connectivity index (χ4v) is 1.91. The van der Waals surface area contributed by atoms with Gasteiger partial charge >= 0.3 is 5.97 Å². The van der Waals surface area contributed by atoms with Crippen molar-refractivity contribution in [1.82, 2.24) is 0 Å². The van der Waals surface area contributed by atoms with E-state index in [9.17, 15) is 4.79 Å². The van der Waals surface area contributed by atoms with Crippen molar-refractivity contribution in [2.75, 3.05) is 0 Å². The predicted molar refractivity (Wildman–Crippen MR) is 81.8 cm³/mol. The van der Waals surface area contributed by atoms with Crippen molar-refractivity contribution >= 4 is 11.9 Å². The molecule has 0 heterocycles. The maximum absolute atomic E-state index is 10.8. The molecule has 4 heteroatoms.